The van der Waals surface area contributed by atoms with Gasteiger partial charge < -0.3 is 9.73 Å². The van der Waals surface area contributed by atoms with Gasteiger partial charge in [0, 0.05) is 24.3 Å². The lowest BCUT2D eigenvalue weighted by molar-refractivity contribution is -0.116. The van der Waals surface area contributed by atoms with Gasteiger partial charge in [0.1, 0.15) is 5.01 Å². The number of carbonyl (C=O) groups is 1. The van der Waals surface area contributed by atoms with E-state index in [-0.39, 0.29) is 12.3 Å². The van der Waals surface area contributed by atoms with Crippen LogP contribution in [-0.2, 0) is 11.2 Å². The van der Waals surface area contributed by atoms with Crippen molar-refractivity contribution in [2.75, 3.05) is 5.32 Å². The first kappa shape index (κ1) is 15.9. The van der Waals surface area contributed by atoms with Crippen molar-refractivity contribution < 1.29 is 9.21 Å². The molecule has 0 atom stereocenters. The van der Waals surface area contributed by atoms with Crippen LogP contribution in [0.3, 0.4) is 0 Å². The zero-order chi connectivity index (χ0) is 17.2. The Morgan fingerprint density at radius 1 is 1.20 bits per heavy atom. The summed E-state index contributed by atoms with van der Waals surface area (Å²) in [7, 11) is 0. The molecule has 128 valence electrons. The highest BCUT2D eigenvalue weighted by atomic mass is 32.1. The van der Waals surface area contributed by atoms with E-state index in [0.29, 0.717) is 29.3 Å². The summed E-state index contributed by atoms with van der Waals surface area (Å²) in [5, 5.41) is 20.5. The standard InChI is InChI=1S/C17H17N5O2S/c1-10-2-4-11(5-3-10)15-20-19-14(24-15)9-8-13(23)18-17-22-21-16(25-17)12-6-7-12/h2-5,12H,6-9H2,1H3,(H,18,22,23). The molecule has 1 fully saturated rings. The fourth-order valence-electron chi connectivity index (χ4n) is 2.35. The normalized spacial score (nSPS) is 13.8. The minimum Gasteiger partial charge on any atom is -0.421 e. The molecule has 2 aromatic heterocycles. The summed E-state index contributed by atoms with van der Waals surface area (Å²) in [4.78, 5) is 12.0. The predicted octanol–water partition coefficient (Wildman–Crippen LogP) is 3.35. The largest absolute Gasteiger partial charge is 0.421 e. The van der Waals surface area contributed by atoms with Gasteiger partial charge in [-0.1, -0.05) is 29.0 Å². The maximum absolute atomic E-state index is 12.0. The molecule has 1 aliphatic rings. The molecule has 2 heterocycles. The Hall–Kier alpha value is -2.61. The van der Waals surface area contributed by atoms with Gasteiger partial charge in [0.05, 0.1) is 0 Å². The number of carbonyl (C=O) groups excluding carboxylic acids is 1. The summed E-state index contributed by atoms with van der Waals surface area (Å²) in [5.74, 6) is 1.32. The van der Waals surface area contributed by atoms with Crippen LogP contribution < -0.4 is 5.32 Å². The molecule has 3 aromatic rings. The second-order valence-electron chi connectivity index (χ2n) is 6.13. The highest BCUT2D eigenvalue weighted by Crippen LogP contribution is 2.42. The van der Waals surface area contributed by atoms with E-state index in [1.165, 1.54) is 29.7 Å². The fraction of sp³-hybridized carbons (Fsp3) is 0.353. The molecule has 8 heteroatoms. The van der Waals surface area contributed by atoms with Crippen LogP contribution in [0.2, 0.25) is 0 Å². The highest BCUT2D eigenvalue weighted by molar-refractivity contribution is 7.15. The van der Waals surface area contributed by atoms with Gasteiger partial charge in [-0.3, -0.25) is 4.79 Å². The van der Waals surface area contributed by atoms with E-state index in [9.17, 15) is 4.79 Å². The first-order valence-electron chi connectivity index (χ1n) is 8.20. The quantitative estimate of drug-likeness (QED) is 0.729. The van der Waals surface area contributed by atoms with Crippen molar-refractivity contribution in [3.8, 4) is 11.5 Å². The molecule has 0 saturated heterocycles. The molecule has 1 N–H and O–H groups in total. The van der Waals surface area contributed by atoms with Crippen LogP contribution in [0.15, 0.2) is 28.7 Å². The van der Waals surface area contributed by atoms with Crippen molar-refractivity contribution in [1.29, 1.82) is 0 Å². The molecule has 1 amide bonds. The molecular weight excluding hydrogens is 338 g/mol. The summed E-state index contributed by atoms with van der Waals surface area (Å²) in [5.41, 5.74) is 2.04. The summed E-state index contributed by atoms with van der Waals surface area (Å²) in [6.45, 7) is 2.02. The van der Waals surface area contributed by atoms with Crippen LogP contribution in [0.4, 0.5) is 5.13 Å². The number of hydrogen-bond acceptors (Lipinski definition) is 7. The van der Waals surface area contributed by atoms with E-state index in [0.717, 1.165) is 10.6 Å². The first-order valence-corrected chi connectivity index (χ1v) is 9.02. The lowest BCUT2D eigenvalue weighted by atomic mass is 10.1. The molecule has 1 aromatic carbocycles. The fourth-order valence-corrected chi connectivity index (χ4v) is 3.28. The van der Waals surface area contributed by atoms with E-state index in [1.807, 2.05) is 31.2 Å². The van der Waals surface area contributed by atoms with Gasteiger partial charge in [0.15, 0.2) is 0 Å². The lowest BCUT2D eigenvalue weighted by Gasteiger charge is -1.98. The minimum absolute atomic E-state index is 0.131. The van der Waals surface area contributed by atoms with Gasteiger partial charge in [-0.2, -0.15) is 0 Å². The van der Waals surface area contributed by atoms with Crippen molar-refractivity contribution in [2.24, 2.45) is 0 Å². The number of rotatable bonds is 6. The van der Waals surface area contributed by atoms with Crippen LogP contribution in [0.1, 0.15) is 41.6 Å². The van der Waals surface area contributed by atoms with Crippen molar-refractivity contribution in [3.05, 3.63) is 40.7 Å². The Labute approximate surface area is 148 Å². The number of anilines is 1. The van der Waals surface area contributed by atoms with E-state index in [2.05, 4.69) is 25.7 Å². The van der Waals surface area contributed by atoms with Gasteiger partial charge >= 0.3 is 0 Å². The second kappa shape index (κ2) is 6.72. The third-order valence-corrected chi connectivity index (χ3v) is 4.95. The Morgan fingerprint density at radius 2 is 2.00 bits per heavy atom. The van der Waals surface area contributed by atoms with Gasteiger partial charge in [0.2, 0.25) is 22.8 Å². The maximum atomic E-state index is 12.0. The summed E-state index contributed by atoms with van der Waals surface area (Å²) >= 11 is 1.45. The molecule has 0 radical (unpaired) electrons. The topological polar surface area (TPSA) is 93.8 Å². The van der Waals surface area contributed by atoms with Gasteiger partial charge in [-0.25, -0.2) is 0 Å². The zero-order valence-electron chi connectivity index (χ0n) is 13.7. The van der Waals surface area contributed by atoms with Crippen LogP contribution in [-0.4, -0.2) is 26.3 Å². The Bertz CT molecular complexity index is 883. The van der Waals surface area contributed by atoms with Crippen LogP contribution in [0.25, 0.3) is 11.5 Å². The molecular formula is C17H17N5O2S. The highest BCUT2D eigenvalue weighted by Gasteiger charge is 2.27. The van der Waals surface area contributed by atoms with Crippen molar-refractivity contribution >= 4 is 22.4 Å². The van der Waals surface area contributed by atoms with Gasteiger partial charge in [0.25, 0.3) is 0 Å². The molecule has 0 unspecified atom stereocenters. The molecule has 4 rings (SSSR count). The molecule has 0 spiro atoms. The molecule has 1 saturated carbocycles. The number of nitrogens with one attached hydrogen (secondary N) is 1. The van der Waals surface area contributed by atoms with E-state index in [4.69, 9.17) is 4.42 Å². The van der Waals surface area contributed by atoms with Crippen molar-refractivity contribution in [2.45, 2.75) is 38.5 Å². The summed E-state index contributed by atoms with van der Waals surface area (Å²) in [6, 6.07) is 7.85. The minimum atomic E-state index is -0.131. The van der Waals surface area contributed by atoms with Gasteiger partial charge in [-0.15, -0.1) is 20.4 Å². The molecule has 1 aliphatic carbocycles. The van der Waals surface area contributed by atoms with E-state index >= 15 is 0 Å². The van der Waals surface area contributed by atoms with Crippen LogP contribution in [0, 0.1) is 6.92 Å². The number of nitrogens with zero attached hydrogens (tertiary/aromatic N) is 4. The number of amides is 1. The third-order valence-electron chi connectivity index (χ3n) is 3.94. The number of benzene rings is 1. The Morgan fingerprint density at radius 3 is 2.76 bits per heavy atom. The lowest BCUT2D eigenvalue weighted by Crippen LogP contribution is -2.12. The molecule has 25 heavy (non-hydrogen) atoms. The molecule has 0 bridgehead atoms. The van der Waals surface area contributed by atoms with Crippen LogP contribution >= 0.6 is 11.3 Å². The third kappa shape index (κ3) is 3.90. The second-order valence-corrected chi connectivity index (χ2v) is 7.14. The first-order chi connectivity index (χ1) is 12.2. The summed E-state index contributed by atoms with van der Waals surface area (Å²) in [6.07, 6.45) is 2.99. The summed E-state index contributed by atoms with van der Waals surface area (Å²) < 4.78 is 5.63. The monoisotopic (exact) mass is 355 g/mol. The zero-order valence-corrected chi connectivity index (χ0v) is 14.5. The Balaban J connectivity index is 1.31. The van der Waals surface area contributed by atoms with Crippen molar-refractivity contribution in [3.63, 3.8) is 0 Å². The van der Waals surface area contributed by atoms with Crippen molar-refractivity contribution in [1.82, 2.24) is 20.4 Å². The number of aryl methyl sites for hydroxylation is 2. The number of aromatic nitrogens is 4. The Kier molecular flexibility index (Phi) is 4.27. The maximum Gasteiger partial charge on any atom is 0.247 e. The average Bonchev–Trinajstić information content (AvgIpc) is 3.17. The number of hydrogen-bond donors (Lipinski definition) is 1. The predicted molar refractivity (Wildman–Crippen MR) is 93.3 cm³/mol. The molecule has 0 aliphatic heterocycles. The smallest absolute Gasteiger partial charge is 0.247 e. The van der Waals surface area contributed by atoms with Crippen LogP contribution in [0.5, 0.6) is 0 Å². The SMILES string of the molecule is Cc1ccc(-c2nnc(CCC(=O)Nc3nnc(C4CC4)s3)o2)cc1. The van der Waals surface area contributed by atoms with E-state index in [1.54, 1.807) is 0 Å². The van der Waals surface area contributed by atoms with Gasteiger partial charge in [-0.05, 0) is 31.9 Å². The van der Waals surface area contributed by atoms with E-state index < -0.39 is 0 Å². The molecule has 7 nitrogen and oxygen atoms in total. The average molecular weight is 355 g/mol.